The lowest BCUT2D eigenvalue weighted by molar-refractivity contribution is 0.319. The Hall–Kier alpha value is -1.32. The molecule has 0 heterocycles. The van der Waals surface area contributed by atoms with Gasteiger partial charge in [-0.05, 0) is 36.4 Å². The topological polar surface area (TPSA) is 29.3 Å². The molecule has 2 nitrogen and oxygen atoms in total. The monoisotopic (exact) mass is 304 g/mol. The first-order valence-corrected chi connectivity index (χ1v) is 6.70. The van der Waals surface area contributed by atoms with Crippen LogP contribution in [0.15, 0.2) is 53.0 Å². The molecule has 0 saturated carbocycles. The lowest BCUT2D eigenvalue weighted by Crippen LogP contribution is -2.17. The van der Waals surface area contributed by atoms with E-state index in [2.05, 4.69) is 58.2 Å². The van der Waals surface area contributed by atoms with Crippen molar-refractivity contribution >= 4 is 21.6 Å². The van der Waals surface area contributed by atoms with E-state index < -0.39 is 0 Å². The van der Waals surface area contributed by atoms with Crippen LogP contribution in [0, 0.1) is 0 Å². The number of halogens is 1. The van der Waals surface area contributed by atoms with Crippen LogP contribution < -0.4 is 5.73 Å². The molecule has 0 bridgehead atoms. The van der Waals surface area contributed by atoms with Gasteiger partial charge in [-0.1, -0.05) is 46.3 Å². The van der Waals surface area contributed by atoms with Crippen molar-refractivity contribution in [2.45, 2.75) is 13.1 Å². The van der Waals surface area contributed by atoms with Crippen LogP contribution in [0.25, 0.3) is 0 Å². The van der Waals surface area contributed by atoms with Crippen LogP contribution in [0.2, 0.25) is 0 Å². The molecule has 0 fully saturated rings. The molecule has 3 heteroatoms. The van der Waals surface area contributed by atoms with Crippen molar-refractivity contribution < 1.29 is 0 Å². The smallest absolute Gasteiger partial charge is 0.0328 e. The van der Waals surface area contributed by atoms with Crippen molar-refractivity contribution in [2.75, 3.05) is 12.8 Å². The normalized spacial score (nSPS) is 10.8. The predicted molar refractivity (Wildman–Crippen MR) is 80.2 cm³/mol. The van der Waals surface area contributed by atoms with Gasteiger partial charge in [0.15, 0.2) is 0 Å². The lowest BCUT2D eigenvalue weighted by Gasteiger charge is -2.17. The van der Waals surface area contributed by atoms with E-state index in [1.54, 1.807) is 0 Å². The summed E-state index contributed by atoms with van der Waals surface area (Å²) in [6, 6.07) is 16.5. The maximum Gasteiger partial charge on any atom is 0.0328 e. The van der Waals surface area contributed by atoms with Crippen molar-refractivity contribution in [3.8, 4) is 0 Å². The zero-order valence-corrected chi connectivity index (χ0v) is 12.0. The van der Waals surface area contributed by atoms with Crippen LogP contribution in [0.4, 0.5) is 5.69 Å². The van der Waals surface area contributed by atoms with E-state index >= 15 is 0 Å². The number of hydrogen-bond acceptors (Lipinski definition) is 2. The predicted octanol–water partition coefficient (Wildman–Crippen LogP) is 3.66. The summed E-state index contributed by atoms with van der Waals surface area (Å²) < 4.78 is 1.03. The molecule has 0 atom stereocenters. The maximum absolute atomic E-state index is 5.84. The van der Waals surface area contributed by atoms with Crippen LogP contribution >= 0.6 is 15.9 Å². The van der Waals surface area contributed by atoms with Crippen molar-refractivity contribution in [1.29, 1.82) is 0 Å². The third kappa shape index (κ3) is 3.86. The summed E-state index contributed by atoms with van der Waals surface area (Å²) in [6.07, 6.45) is 0. The third-order valence-electron chi connectivity index (χ3n) is 2.73. The number of nitrogens with two attached hydrogens (primary N) is 1. The molecule has 2 N–H and O–H groups in total. The van der Waals surface area contributed by atoms with E-state index in [1.165, 1.54) is 11.1 Å². The van der Waals surface area contributed by atoms with E-state index in [-0.39, 0.29) is 0 Å². The summed E-state index contributed by atoms with van der Waals surface area (Å²) in [5, 5.41) is 0. The highest BCUT2D eigenvalue weighted by Crippen LogP contribution is 2.18. The molecular weight excluding hydrogens is 288 g/mol. The first-order valence-electron chi connectivity index (χ1n) is 5.91. The Morgan fingerprint density at radius 2 is 1.67 bits per heavy atom. The average molecular weight is 305 g/mol. The van der Waals surface area contributed by atoms with E-state index in [1.807, 2.05) is 18.2 Å². The molecule has 0 aliphatic carbocycles. The maximum atomic E-state index is 5.84. The van der Waals surface area contributed by atoms with E-state index in [4.69, 9.17) is 5.73 Å². The molecule has 0 amide bonds. The second kappa shape index (κ2) is 6.03. The minimum absolute atomic E-state index is 0.799. The SMILES string of the molecule is CN(Cc1ccccc1)Cc1cc(N)cc(Br)c1. The van der Waals surface area contributed by atoms with E-state index in [0.717, 1.165) is 23.2 Å². The molecule has 18 heavy (non-hydrogen) atoms. The molecule has 0 aliphatic rings. The molecule has 0 spiro atoms. The van der Waals surface area contributed by atoms with Crippen molar-refractivity contribution in [3.63, 3.8) is 0 Å². The van der Waals surface area contributed by atoms with E-state index in [0.29, 0.717) is 0 Å². The summed E-state index contributed by atoms with van der Waals surface area (Å²) in [7, 11) is 2.12. The molecular formula is C15H17BrN2. The van der Waals surface area contributed by atoms with Gasteiger partial charge in [0, 0.05) is 23.2 Å². The van der Waals surface area contributed by atoms with Gasteiger partial charge in [0.05, 0.1) is 0 Å². The fourth-order valence-electron chi connectivity index (χ4n) is 2.03. The van der Waals surface area contributed by atoms with Crippen molar-refractivity contribution in [2.24, 2.45) is 0 Å². The fraction of sp³-hybridized carbons (Fsp3) is 0.200. The van der Waals surface area contributed by atoms with Gasteiger partial charge in [-0.2, -0.15) is 0 Å². The highest BCUT2D eigenvalue weighted by molar-refractivity contribution is 9.10. The molecule has 2 aromatic rings. The Kier molecular flexibility index (Phi) is 4.39. The third-order valence-corrected chi connectivity index (χ3v) is 3.19. The Morgan fingerprint density at radius 3 is 2.33 bits per heavy atom. The summed E-state index contributed by atoms with van der Waals surface area (Å²) in [5.41, 5.74) is 9.18. The lowest BCUT2D eigenvalue weighted by atomic mass is 10.1. The Morgan fingerprint density at radius 1 is 1.00 bits per heavy atom. The van der Waals surface area contributed by atoms with Crippen LogP contribution in [-0.4, -0.2) is 11.9 Å². The summed E-state index contributed by atoms with van der Waals surface area (Å²) >= 11 is 3.47. The van der Waals surface area contributed by atoms with Gasteiger partial charge in [0.1, 0.15) is 0 Å². The summed E-state index contributed by atoms with van der Waals surface area (Å²) in [4.78, 5) is 2.27. The van der Waals surface area contributed by atoms with Crippen LogP contribution in [0.1, 0.15) is 11.1 Å². The number of benzene rings is 2. The number of nitrogens with zero attached hydrogens (tertiary/aromatic N) is 1. The number of anilines is 1. The number of hydrogen-bond donors (Lipinski definition) is 1. The molecule has 0 aromatic heterocycles. The second-order valence-corrected chi connectivity index (χ2v) is 5.47. The highest BCUT2D eigenvalue weighted by Gasteiger charge is 2.03. The standard InChI is InChI=1S/C15H17BrN2/c1-18(10-12-5-3-2-4-6-12)11-13-7-14(16)9-15(17)8-13/h2-9H,10-11,17H2,1H3. The van der Waals surface area contributed by atoms with Crippen molar-refractivity contribution in [1.82, 2.24) is 4.90 Å². The fourth-order valence-corrected chi connectivity index (χ4v) is 2.59. The van der Waals surface area contributed by atoms with Gasteiger partial charge >= 0.3 is 0 Å². The largest absolute Gasteiger partial charge is 0.399 e. The molecule has 0 unspecified atom stereocenters. The average Bonchev–Trinajstić information content (AvgIpc) is 2.28. The molecule has 0 radical (unpaired) electrons. The highest BCUT2D eigenvalue weighted by atomic mass is 79.9. The Labute approximate surface area is 117 Å². The Balaban J connectivity index is 2.01. The van der Waals surface area contributed by atoms with Gasteiger partial charge in [-0.25, -0.2) is 0 Å². The van der Waals surface area contributed by atoms with Gasteiger partial charge in [0.25, 0.3) is 0 Å². The van der Waals surface area contributed by atoms with Crippen LogP contribution in [0.3, 0.4) is 0 Å². The molecule has 94 valence electrons. The molecule has 0 saturated heterocycles. The van der Waals surface area contributed by atoms with E-state index in [9.17, 15) is 0 Å². The first-order chi connectivity index (χ1) is 8.63. The number of nitrogen functional groups attached to an aromatic ring is 1. The minimum atomic E-state index is 0.799. The quantitative estimate of drug-likeness (QED) is 0.873. The van der Waals surface area contributed by atoms with Crippen molar-refractivity contribution in [3.05, 3.63) is 64.1 Å². The van der Waals surface area contributed by atoms with Gasteiger partial charge in [-0.3, -0.25) is 4.90 Å². The number of rotatable bonds is 4. The zero-order valence-electron chi connectivity index (χ0n) is 10.4. The molecule has 0 aliphatic heterocycles. The zero-order chi connectivity index (χ0) is 13.0. The van der Waals surface area contributed by atoms with Crippen LogP contribution in [0.5, 0.6) is 0 Å². The first kappa shape index (κ1) is 13.1. The minimum Gasteiger partial charge on any atom is -0.399 e. The molecule has 2 aromatic carbocycles. The summed E-state index contributed by atoms with van der Waals surface area (Å²) in [6.45, 7) is 1.83. The van der Waals surface area contributed by atoms with Crippen LogP contribution in [-0.2, 0) is 13.1 Å². The summed E-state index contributed by atoms with van der Waals surface area (Å²) in [5.74, 6) is 0. The Bertz CT molecular complexity index is 491. The van der Waals surface area contributed by atoms with Gasteiger partial charge < -0.3 is 5.73 Å². The molecule has 2 rings (SSSR count). The van der Waals surface area contributed by atoms with Gasteiger partial charge in [0.2, 0.25) is 0 Å². The second-order valence-electron chi connectivity index (χ2n) is 4.55. The van der Waals surface area contributed by atoms with Gasteiger partial charge in [-0.15, -0.1) is 0 Å².